The van der Waals surface area contributed by atoms with Gasteiger partial charge in [0.2, 0.25) is 5.91 Å². The van der Waals surface area contributed by atoms with Gasteiger partial charge in [-0.15, -0.1) is 0 Å². The second-order valence-electron chi connectivity index (χ2n) is 4.17. The van der Waals surface area contributed by atoms with Crippen molar-refractivity contribution in [2.24, 2.45) is 12.8 Å². The number of nitrogens with two attached hydrogens (primary N) is 1. The van der Waals surface area contributed by atoms with Gasteiger partial charge in [0, 0.05) is 25.2 Å². The number of hydrogen-bond donors (Lipinski definition) is 1. The first-order chi connectivity index (χ1) is 8.58. The van der Waals surface area contributed by atoms with Crippen LogP contribution in [-0.2, 0) is 13.5 Å². The maximum Gasteiger partial charge on any atom is 0.248 e. The van der Waals surface area contributed by atoms with E-state index in [0.29, 0.717) is 17.7 Å². The third-order valence-electron chi connectivity index (χ3n) is 2.83. The fourth-order valence-corrected chi connectivity index (χ4v) is 1.81. The zero-order valence-electron chi connectivity index (χ0n) is 10.1. The Hall–Kier alpha value is -2.36. The van der Waals surface area contributed by atoms with Gasteiger partial charge in [-0.1, -0.05) is 12.1 Å². The number of ketones is 1. The van der Waals surface area contributed by atoms with Gasteiger partial charge < -0.3 is 10.3 Å². The zero-order valence-corrected chi connectivity index (χ0v) is 10.1. The van der Waals surface area contributed by atoms with Crippen LogP contribution < -0.4 is 5.73 Å². The second-order valence-corrected chi connectivity index (χ2v) is 4.17. The van der Waals surface area contributed by atoms with Crippen LogP contribution in [-0.4, -0.2) is 16.3 Å². The van der Waals surface area contributed by atoms with E-state index < -0.39 is 5.91 Å². The van der Waals surface area contributed by atoms with Gasteiger partial charge in [-0.3, -0.25) is 9.59 Å². The number of benzene rings is 1. The Bertz CT molecular complexity index is 582. The summed E-state index contributed by atoms with van der Waals surface area (Å²) in [6.07, 6.45) is 2.15. The monoisotopic (exact) mass is 242 g/mol. The molecule has 0 aliphatic carbocycles. The van der Waals surface area contributed by atoms with Gasteiger partial charge in [-0.05, 0) is 29.8 Å². The third kappa shape index (κ3) is 2.48. The molecule has 1 aromatic carbocycles. The molecule has 4 heteroatoms. The summed E-state index contributed by atoms with van der Waals surface area (Å²) in [6.45, 7) is 0. The third-order valence-corrected chi connectivity index (χ3v) is 2.83. The molecule has 1 heterocycles. The molecule has 1 amide bonds. The van der Waals surface area contributed by atoms with Crippen molar-refractivity contribution in [3.63, 3.8) is 0 Å². The van der Waals surface area contributed by atoms with Crippen LogP contribution in [0.3, 0.4) is 0 Å². The molecular formula is C14H14N2O2. The van der Waals surface area contributed by atoms with Gasteiger partial charge in [-0.25, -0.2) is 0 Å². The highest BCUT2D eigenvalue weighted by Gasteiger charge is 2.10. The molecule has 0 aliphatic rings. The molecule has 2 N–H and O–H groups in total. The van der Waals surface area contributed by atoms with Crippen molar-refractivity contribution >= 4 is 11.7 Å². The summed E-state index contributed by atoms with van der Waals surface area (Å²) in [5, 5.41) is 0. The molecule has 0 saturated carbocycles. The molecule has 2 rings (SSSR count). The highest BCUT2D eigenvalue weighted by molar-refractivity contribution is 5.96. The Morgan fingerprint density at radius 3 is 2.33 bits per heavy atom. The molecule has 0 unspecified atom stereocenters. The molecule has 1 aromatic heterocycles. The fraction of sp³-hybridized carbons (Fsp3) is 0.143. The maximum absolute atomic E-state index is 12.0. The number of aryl methyl sites for hydroxylation is 1. The number of nitrogens with zero attached hydrogens (tertiary/aromatic N) is 1. The molecule has 0 spiro atoms. The Morgan fingerprint density at radius 1 is 1.17 bits per heavy atom. The maximum atomic E-state index is 12.0. The van der Waals surface area contributed by atoms with Crippen LogP contribution >= 0.6 is 0 Å². The number of carbonyl (C=O) groups excluding carboxylic acids is 2. The van der Waals surface area contributed by atoms with Crippen molar-refractivity contribution in [3.05, 3.63) is 59.4 Å². The lowest BCUT2D eigenvalue weighted by Gasteiger charge is -2.03. The number of carbonyl (C=O) groups is 2. The van der Waals surface area contributed by atoms with Crippen molar-refractivity contribution < 1.29 is 9.59 Å². The predicted molar refractivity (Wildman–Crippen MR) is 68.4 cm³/mol. The molecule has 0 saturated heterocycles. The first kappa shape index (κ1) is 12.1. The van der Waals surface area contributed by atoms with E-state index in [1.165, 1.54) is 0 Å². The van der Waals surface area contributed by atoms with Crippen LogP contribution in [0.1, 0.15) is 26.4 Å². The lowest BCUT2D eigenvalue weighted by atomic mass is 10.0. The van der Waals surface area contributed by atoms with Crippen molar-refractivity contribution in [1.29, 1.82) is 0 Å². The molecular weight excluding hydrogens is 228 g/mol. The van der Waals surface area contributed by atoms with E-state index in [9.17, 15) is 9.59 Å². The van der Waals surface area contributed by atoms with Crippen molar-refractivity contribution in [3.8, 4) is 0 Å². The molecule has 0 fully saturated rings. The lowest BCUT2D eigenvalue weighted by Crippen LogP contribution is -2.11. The molecule has 0 atom stereocenters. The largest absolute Gasteiger partial charge is 0.366 e. The summed E-state index contributed by atoms with van der Waals surface area (Å²) in [7, 11) is 1.84. The van der Waals surface area contributed by atoms with Crippen LogP contribution in [0.5, 0.6) is 0 Å². The molecule has 0 aliphatic heterocycles. The van der Waals surface area contributed by atoms with Gasteiger partial charge >= 0.3 is 0 Å². The minimum Gasteiger partial charge on any atom is -0.366 e. The summed E-state index contributed by atoms with van der Waals surface area (Å²) in [4.78, 5) is 22.9. The molecule has 0 bridgehead atoms. The highest BCUT2D eigenvalue weighted by Crippen LogP contribution is 2.09. The lowest BCUT2D eigenvalue weighted by molar-refractivity contribution is 0.0982. The molecule has 18 heavy (non-hydrogen) atoms. The minimum atomic E-state index is -0.463. The van der Waals surface area contributed by atoms with E-state index in [1.807, 2.05) is 19.3 Å². The molecule has 92 valence electrons. The van der Waals surface area contributed by atoms with Gasteiger partial charge in [0.15, 0.2) is 5.78 Å². The molecule has 4 nitrogen and oxygen atoms in total. The minimum absolute atomic E-state index is 0.0503. The smallest absolute Gasteiger partial charge is 0.248 e. The Kier molecular flexibility index (Phi) is 3.28. The van der Waals surface area contributed by atoms with Crippen LogP contribution in [0.15, 0.2) is 42.6 Å². The quantitative estimate of drug-likeness (QED) is 0.827. The summed E-state index contributed by atoms with van der Waals surface area (Å²) in [6, 6.07) is 10.4. The van der Waals surface area contributed by atoms with Crippen LogP contribution in [0.25, 0.3) is 0 Å². The van der Waals surface area contributed by atoms with E-state index in [-0.39, 0.29) is 5.78 Å². The number of aromatic nitrogens is 1. The Balaban J connectivity index is 2.13. The van der Waals surface area contributed by atoms with Gasteiger partial charge in [0.25, 0.3) is 0 Å². The SMILES string of the molecule is Cn1cccc1C(=O)Cc1ccc(C(N)=O)cc1. The number of amides is 1. The summed E-state index contributed by atoms with van der Waals surface area (Å²) >= 11 is 0. The number of hydrogen-bond acceptors (Lipinski definition) is 2. The Morgan fingerprint density at radius 2 is 1.83 bits per heavy atom. The summed E-state index contributed by atoms with van der Waals surface area (Å²) in [5.74, 6) is -0.412. The van der Waals surface area contributed by atoms with E-state index in [0.717, 1.165) is 5.56 Å². The number of Topliss-reactive ketones (excluding diaryl/α,β-unsaturated/α-hetero) is 1. The van der Waals surface area contributed by atoms with Crippen LogP contribution in [0.2, 0.25) is 0 Å². The van der Waals surface area contributed by atoms with Crippen LogP contribution in [0.4, 0.5) is 0 Å². The van der Waals surface area contributed by atoms with Crippen LogP contribution in [0, 0.1) is 0 Å². The van der Waals surface area contributed by atoms with Crippen molar-refractivity contribution in [1.82, 2.24) is 4.57 Å². The standard InChI is InChI=1S/C14H14N2O2/c1-16-8-2-3-12(16)13(17)9-10-4-6-11(7-5-10)14(15)18/h2-8H,9H2,1H3,(H2,15,18). The average molecular weight is 242 g/mol. The fourth-order valence-electron chi connectivity index (χ4n) is 1.81. The highest BCUT2D eigenvalue weighted by atomic mass is 16.1. The normalized spacial score (nSPS) is 10.3. The summed E-state index contributed by atoms with van der Waals surface area (Å²) < 4.78 is 1.79. The van der Waals surface area contributed by atoms with Crippen molar-refractivity contribution in [2.45, 2.75) is 6.42 Å². The number of primary amides is 1. The molecule has 2 aromatic rings. The van der Waals surface area contributed by atoms with E-state index in [2.05, 4.69) is 0 Å². The first-order valence-corrected chi connectivity index (χ1v) is 5.61. The number of rotatable bonds is 4. The topological polar surface area (TPSA) is 65.1 Å². The van der Waals surface area contributed by atoms with E-state index >= 15 is 0 Å². The molecule has 0 radical (unpaired) electrons. The summed E-state index contributed by atoms with van der Waals surface area (Å²) in [5.41, 5.74) is 7.14. The van der Waals surface area contributed by atoms with Gasteiger partial charge in [0.05, 0.1) is 5.69 Å². The van der Waals surface area contributed by atoms with E-state index in [4.69, 9.17) is 5.73 Å². The average Bonchev–Trinajstić information content (AvgIpc) is 2.76. The Labute approximate surface area is 105 Å². The van der Waals surface area contributed by atoms with E-state index in [1.54, 1.807) is 34.9 Å². The van der Waals surface area contributed by atoms with Crippen molar-refractivity contribution in [2.75, 3.05) is 0 Å². The van der Waals surface area contributed by atoms with Gasteiger partial charge in [0.1, 0.15) is 0 Å². The first-order valence-electron chi connectivity index (χ1n) is 5.61. The van der Waals surface area contributed by atoms with Gasteiger partial charge in [-0.2, -0.15) is 0 Å². The predicted octanol–water partition coefficient (Wildman–Crippen LogP) is 1.55. The second kappa shape index (κ2) is 4.87. The zero-order chi connectivity index (χ0) is 13.1.